The van der Waals surface area contributed by atoms with Crippen LogP contribution in [0.2, 0.25) is 0 Å². The summed E-state index contributed by atoms with van der Waals surface area (Å²) in [6.45, 7) is 7.66. The molecule has 1 aliphatic heterocycles. The smallest absolute Gasteiger partial charge is 0.229 e. The van der Waals surface area contributed by atoms with Crippen LogP contribution in [0.15, 0.2) is 4.52 Å². The average molecular weight is 419 g/mol. The van der Waals surface area contributed by atoms with Crippen molar-refractivity contribution in [3.05, 3.63) is 11.7 Å². The summed E-state index contributed by atoms with van der Waals surface area (Å²) in [6, 6.07) is 0.0753. The summed E-state index contributed by atoms with van der Waals surface area (Å²) in [5, 5.41) is 4.04. The molecule has 7 heteroatoms. The van der Waals surface area contributed by atoms with E-state index in [-0.39, 0.29) is 23.8 Å². The average Bonchev–Trinajstić information content (AvgIpc) is 3.22. The summed E-state index contributed by atoms with van der Waals surface area (Å²) < 4.78 is 5.27. The molecule has 0 spiro atoms. The first-order valence-electron chi connectivity index (χ1n) is 11.8. The normalized spacial score (nSPS) is 20.5. The first-order chi connectivity index (χ1) is 14.4. The molecular formula is C23H38N4O3. The van der Waals surface area contributed by atoms with E-state index in [2.05, 4.69) is 10.1 Å². The van der Waals surface area contributed by atoms with E-state index in [1.807, 2.05) is 23.6 Å². The first kappa shape index (κ1) is 22.8. The Bertz CT molecular complexity index is 696. The van der Waals surface area contributed by atoms with Gasteiger partial charge in [0.1, 0.15) is 0 Å². The highest BCUT2D eigenvalue weighted by Gasteiger charge is 2.29. The van der Waals surface area contributed by atoms with Crippen LogP contribution >= 0.6 is 0 Å². The van der Waals surface area contributed by atoms with E-state index in [4.69, 9.17) is 4.52 Å². The molecule has 1 saturated carbocycles. The molecule has 2 fully saturated rings. The highest BCUT2D eigenvalue weighted by molar-refractivity contribution is 5.77. The van der Waals surface area contributed by atoms with Crippen LogP contribution in [-0.2, 0) is 16.0 Å². The minimum absolute atomic E-state index is 0.0454. The molecule has 7 nitrogen and oxygen atoms in total. The molecule has 2 aliphatic rings. The second-order valence-electron chi connectivity index (χ2n) is 9.34. The highest BCUT2D eigenvalue weighted by Crippen LogP contribution is 2.28. The van der Waals surface area contributed by atoms with Gasteiger partial charge >= 0.3 is 0 Å². The van der Waals surface area contributed by atoms with Gasteiger partial charge in [-0.1, -0.05) is 51.1 Å². The van der Waals surface area contributed by atoms with Crippen LogP contribution in [0, 0.1) is 5.92 Å². The van der Waals surface area contributed by atoms with Crippen LogP contribution in [0.5, 0.6) is 0 Å². The number of aromatic nitrogens is 2. The van der Waals surface area contributed by atoms with Crippen LogP contribution in [0.25, 0.3) is 0 Å². The van der Waals surface area contributed by atoms with Crippen molar-refractivity contribution in [3.8, 4) is 0 Å². The molecule has 0 N–H and O–H groups in total. The number of amides is 2. The number of piperidine rings is 1. The SMILES string of the molecule is CC(=O)N(CCc1noc(C(C)C)n1)C1CCCN(C(=O)CCC2CCCCC2)C1. The predicted octanol–water partition coefficient (Wildman–Crippen LogP) is 3.94. The Morgan fingerprint density at radius 1 is 1.17 bits per heavy atom. The van der Waals surface area contributed by atoms with Crippen molar-refractivity contribution >= 4 is 11.8 Å². The Labute approximate surface area is 180 Å². The number of nitrogens with zero attached hydrogens (tertiary/aromatic N) is 4. The molecule has 1 aromatic heterocycles. The van der Waals surface area contributed by atoms with E-state index in [9.17, 15) is 9.59 Å². The van der Waals surface area contributed by atoms with Gasteiger partial charge in [0.25, 0.3) is 0 Å². The molecule has 1 unspecified atom stereocenters. The third-order valence-corrected chi connectivity index (χ3v) is 6.64. The monoisotopic (exact) mass is 418 g/mol. The maximum Gasteiger partial charge on any atom is 0.229 e. The molecule has 3 rings (SSSR count). The molecule has 2 amide bonds. The fraction of sp³-hybridized carbons (Fsp3) is 0.826. The minimum atomic E-state index is 0.0454. The van der Waals surface area contributed by atoms with Crippen molar-refractivity contribution in [3.63, 3.8) is 0 Å². The van der Waals surface area contributed by atoms with E-state index < -0.39 is 0 Å². The second kappa shape index (κ2) is 10.9. The van der Waals surface area contributed by atoms with Crippen LogP contribution < -0.4 is 0 Å². The summed E-state index contributed by atoms with van der Waals surface area (Å²) in [5.74, 6) is 2.50. The first-order valence-corrected chi connectivity index (χ1v) is 11.8. The largest absolute Gasteiger partial charge is 0.341 e. The van der Waals surface area contributed by atoms with Gasteiger partial charge in [-0.3, -0.25) is 9.59 Å². The Balaban J connectivity index is 1.51. The third kappa shape index (κ3) is 6.29. The molecule has 168 valence electrons. The van der Waals surface area contributed by atoms with Gasteiger partial charge in [-0.15, -0.1) is 0 Å². The summed E-state index contributed by atoms with van der Waals surface area (Å²) in [6.07, 6.45) is 10.7. The van der Waals surface area contributed by atoms with E-state index in [0.29, 0.717) is 37.6 Å². The van der Waals surface area contributed by atoms with Gasteiger partial charge < -0.3 is 14.3 Å². The lowest BCUT2D eigenvalue weighted by molar-refractivity contribution is -0.138. The molecule has 1 atom stereocenters. The second-order valence-corrected chi connectivity index (χ2v) is 9.34. The van der Waals surface area contributed by atoms with Crippen molar-refractivity contribution in [2.45, 2.75) is 96.9 Å². The number of hydrogen-bond donors (Lipinski definition) is 0. The lowest BCUT2D eigenvalue weighted by Crippen LogP contribution is -2.51. The Morgan fingerprint density at radius 3 is 2.60 bits per heavy atom. The van der Waals surface area contributed by atoms with Gasteiger partial charge in [0, 0.05) is 51.4 Å². The van der Waals surface area contributed by atoms with Crippen LogP contribution in [0.4, 0.5) is 0 Å². The highest BCUT2D eigenvalue weighted by atomic mass is 16.5. The fourth-order valence-electron chi connectivity index (χ4n) is 4.82. The van der Waals surface area contributed by atoms with Crippen molar-refractivity contribution in [1.82, 2.24) is 19.9 Å². The van der Waals surface area contributed by atoms with Crippen molar-refractivity contribution in [2.75, 3.05) is 19.6 Å². The third-order valence-electron chi connectivity index (χ3n) is 6.64. The Hall–Kier alpha value is -1.92. The van der Waals surface area contributed by atoms with E-state index in [1.165, 1.54) is 32.1 Å². The maximum absolute atomic E-state index is 12.8. The van der Waals surface area contributed by atoms with E-state index in [0.717, 1.165) is 31.7 Å². The summed E-state index contributed by atoms with van der Waals surface area (Å²) in [7, 11) is 0. The fourth-order valence-corrected chi connectivity index (χ4v) is 4.82. The zero-order valence-electron chi connectivity index (χ0n) is 18.9. The molecule has 1 aliphatic carbocycles. The predicted molar refractivity (Wildman–Crippen MR) is 115 cm³/mol. The van der Waals surface area contributed by atoms with Crippen molar-refractivity contribution in [2.24, 2.45) is 5.92 Å². The molecule has 1 saturated heterocycles. The van der Waals surface area contributed by atoms with E-state index in [1.54, 1.807) is 6.92 Å². The van der Waals surface area contributed by atoms with Gasteiger partial charge in [0.2, 0.25) is 17.7 Å². The number of carbonyl (C=O) groups excluding carboxylic acids is 2. The number of likely N-dealkylation sites (tertiary alicyclic amines) is 1. The molecular weight excluding hydrogens is 380 g/mol. The van der Waals surface area contributed by atoms with Gasteiger partial charge in [-0.25, -0.2) is 0 Å². The van der Waals surface area contributed by atoms with Gasteiger partial charge in [-0.2, -0.15) is 4.98 Å². The minimum Gasteiger partial charge on any atom is -0.341 e. The molecule has 2 heterocycles. The molecule has 0 aromatic carbocycles. The summed E-state index contributed by atoms with van der Waals surface area (Å²) in [4.78, 5) is 33.5. The van der Waals surface area contributed by atoms with E-state index >= 15 is 0 Å². The molecule has 1 aromatic rings. The summed E-state index contributed by atoms with van der Waals surface area (Å²) in [5.41, 5.74) is 0. The molecule has 0 bridgehead atoms. The Morgan fingerprint density at radius 2 is 1.93 bits per heavy atom. The zero-order chi connectivity index (χ0) is 21.5. The van der Waals surface area contributed by atoms with Gasteiger partial charge in [0.15, 0.2) is 5.82 Å². The summed E-state index contributed by atoms with van der Waals surface area (Å²) >= 11 is 0. The molecule has 30 heavy (non-hydrogen) atoms. The number of rotatable bonds is 8. The number of carbonyl (C=O) groups is 2. The lowest BCUT2D eigenvalue weighted by Gasteiger charge is -2.39. The van der Waals surface area contributed by atoms with Crippen molar-refractivity contribution in [1.29, 1.82) is 0 Å². The zero-order valence-corrected chi connectivity index (χ0v) is 18.9. The van der Waals surface area contributed by atoms with Gasteiger partial charge in [0.05, 0.1) is 0 Å². The quantitative estimate of drug-likeness (QED) is 0.639. The Kier molecular flexibility index (Phi) is 8.28. The number of hydrogen-bond acceptors (Lipinski definition) is 5. The molecule has 0 radical (unpaired) electrons. The standard InChI is InChI=1S/C23H38N4O3/c1-17(2)23-24-21(25-30-23)13-15-27(18(3)28)20-10-7-14-26(16-20)22(29)12-11-19-8-5-4-6-9-19/h17,19-20H,4-16H2,1-3H3. The van der Waals surface area contributed by atoms with Gasteiger partial charge in [-0.05, 0) is 25.2 Å². The van der Waals surface area contributed by atoms with Crippen LogP contribution in [-0.4, -0.2) is 57.4 Å². The lowest BCUT2D eigenvalue weighted by atomic mass is 9.86. The van der Waals surface area contributed by atoms with Crippen LogP contribution in [0.3, 0.4) is 0 Å². The topological polar surface area (TPSA) is 79.5 Å². The van der Waals surface area contributed by atoms with Crippen LogP contribution in [0.1, 0.15) is 96.2 Å². The van der Waals surface area contributed by atoms with Crippen molar-refractivity contribution < 1.29 is 14.1 Å². The maximum atomic E-state index is 12.8.